The maximum atomic E-state index is 13.4. The van der Waals surface area contributed by atoms with Gasteiger partial charge in [-0.25, -0.2) is 4.98 Å². The van der Waals surface area contributed by atoms with Gasteiger partial charge in [-0.05, 0) is 54.8 Å². The quantitative estimate of drug-likeness (QED) is 0.221. The summed E-state index contributed by atoms with van der Waals surface area (Å²) in [7, 11) is 0. The summed E-state index contributed by atoms with van der Waals surface area (Å²) in [6, 6.07) is 13.3. The van der Waals surface area contributed by atoms with E-state index >= 15 is 0 Å². The van der Waals surface area contributed by atoms with Crippen LogP contribution in [0.3, 0.4) is 0 Å². The van der Waals surface area contributed by atoms with Crippen LogP contribution in [0.25, 0.3) is 16.0 Å². The molecule has 1 amide bonds. The molecule has 10 heteroatoms. The van der Waals surface area contributed by atoms with Crippen LogP contribution in [0.4, 0.5) is 5.13 Å². The molecule has 2 aliphatic rings. The van der Waals surface area contributed by atoms with Crippen molar-refractivity contribution < 1.29 is 28.9 Å². The molecule has 1 saturated heterocycles. The summed E-state index contributed by atoms with van der Waals surface area (Å²) in [5.41, 5.74) is 1.06. The Labute approximate surface area is 214 Å². The molecule has 0 radical (unpaired) electrons. The van der Waals surface area contributed by atoms with Crippen molar-refractivity contribution in [3.63, 3.8) is 0 Å². The molecule has 0 saturated carbocycles. The zero-order chi connectivity index (χ0) is 24.8. The second-order valence-corrected chi connectivity index (χ2v) is 10.1. The van der Waals surface area contributed by atoms with Crippen LogP contribution in [0.5, 0.6) is 17.2 Å². The fourth-order valence-corrected chi connectivity index (χ4v) is 6.19. The predicted molar refractivity (Wildman–Crippen MR) is 137 cm³/mol. The third kappa shape index (κ3) is 3.69. The first-order valence-corrected chi connectivity index (χ1v) is 13.0. The number of nitrogens with zero attached hydrogens (tertiary/aromatic N) is 2. The van der Waals surface area contributed by atoms with Gasteiger partial charge in [-0.1, -0.05) is 17.4 Å². The van der Waals surface area contributed by atoms with E-state index in [0.29, 0.717) is 53.3 Å². The number of carbonyl (C=O) groups excluding carboxylic acids is 2. The van der Waals surface area contributed by atoms with Gasteiger partial charge in [0.15, 0.2) is 16.6 Å². The summed E-state index contributed by atoms with van der Waals surface area (Å²) in [6.45, 7) is 3.27. The van der Waals surface area contributed by atoms with Gasteiger partial charge >= 0.3 is 5.91 Å². The highest BCUT2D eigenvalue weighted by atomic mass is 32.1. The van der Waals surface area contributed by atoms with Gasteiger partial charge < -0.3 is 19.3 Å². The minimum absolute atomic E-state index is 0.00777. The summed E-state index contributed by atoms with van der Waals surface area (Å²) in [5, 5.41) is 13.6. The fourth-order valence-electron chi connectivity index (χ4n) is 4.34. The molecule has 2 aromatic carbocycles. The molecular weight excluding hydrogens is 500 g/mol. The van der Waals surface area contributed by atoms with Gasteiger partial charge in [-0.3, -0.25) is 14.5 Å². The Morgan fingerprint density at radius 2 is 1.97 bits per heavy atom. The van der Waals surface area contributed by atoms with E-state index in [1.807, 2.05) is 42.6 Å². The van der Waals surface area contributed by atoms with Crippen molar-refractivity contribution in [2.75, 3.05) is 24.7 Å². The number of ether oxygens (including phenoxy) is 3. The molecule has 0 unspecified atom stereocenters. The molecule has 6 rings (SSSR count). The third-order valence-corrected chi connectivity index (χ3v) is 7.88. The number of carbonyl (C=O) groups is 2. The second kappa shape index (κ2) is 8.96. The number of ketones is 1. The molecule has 2 aliphatic heterocycles. The van der Waals surface area contributed by atoms with Crippen LogP contribution in [-0.4, -0.2) is 41.6 Å². The minimum atomic E-state index is -0.815. The Hall–Kier alpha value is -3.89. The molecule has 1 atom stereocenters. The van der Waals surface area contributed by atoms with Gasteiger partial charge in [0.2, 0.25) is 0 Å². The molecule has 182 valence electrons. The first-order valence-electron chi connectivity index (χ1n) is 11.3. The minimum Gasteiger partial charge on any atom is -0.507 e. The Morgan fingerprint density at radius 3 is 2.75 bits per heavy atom. The van der Waals surface area contributed by atoms with Crippen LogP contribution in [0.1, 0.15) is 23.4 Å². The third-order valence-electron chi connectivity index (χ3n) is 5.94. The highest BCUT2D eigenvalue weighted by Crippen LogP contribution is 2.46. The molecule has 8 nitrogen and oxygen atoms in total. The maximum absolute atomic E-state index is 13.4. The summed E-state index contributed by atoms with van der Waals surface area (Å²) in [6.07, 6.45) is 0. The number of Topliss-reactive ketones (excluding diaryl/α,β-unsaturated/α-hetero) is 1. The number of rotatable bonds is 5. The number of amides is 1. The number of anilines is 1. The lowest BCUT2D eigenvalue weighted by atomic mass is 9.99. The Kier molecular flexibility index (Phi) is 5.62. The van der Waals surface area contributed by atoms with Crippen molar-refractivity contribution in [3.05, 3.63) is 69.9 Å². The van der Waals surface area contributed by atoms with Crippen LogP contribution < -0.4 is 19.1 Å². The number of aromatic nitrogens is 1. The first-order chi connectivity index (χ1) is 17.5. The smallest absolute Gasteiger partial charge is 0.301 e. The Morgan fingerprint density at radius 1 is 1.14 bits per heavy atom. The van der Waals surface area contributed by atoms with Crippen molar-refractivity contribution in [1.82, 2.24) is 4.98 Å². The van der Waals surface area contributed by atoms with E-state index < -0.39 is 17.7 Å². The van der Waals surface area contributed by atoms with Crippen molar-refractivity contribution >= 4 is 55.5 Å². The van der Waals surface area contributed by atoms with E-state index in [2.05, 4.69) is 4.98 Å². The number of hydrogen-bond acceptors (Lipinski definition) is 9. The molecular formula is C26H20N2O6S2. The molecule has 1 fully saturated rings. The number of aliphatic hydroxyl groups excluding tert-OH is 1. The normalized spacial score (nSPS) is 18.7. The van der Waals surface area contributed by atoms with E-state index in [0.717, 1.165) is 9.58 Å². The van der Waals surface area contributed by atoms with Gasteiger partial charge in [0.1, 0.15) is 30.8 Å². The second-order valence-electron chi connectivity index (χ2n) is 8.10. The first kappa shape index (κ1) is 22.6. The summed E-state index contributed by atoms with van der Waals surface area (Å²) in [4.78, 5) is 33.5. The molecule has 4 heterocycles. The van der Waals surface area contributed by atoms with E-state index in [1.54, 1.807) is 18.2 Å². The van der Waals surface area contributed by atoms with Crippen LogP contribution in [-0.2, 0) is 9.59 Å². The zero-order valence-corrected chi connectivity index (χ0v) is 20.7. The van der Waals surface area contributed by atoms with Crippen molar-refractivity contribution in [3.8, 4) is 17.2 Å². The van der Waals surface area contributed by atoms with Gasteiger partial charge in [0, 0.05) is 10.4 Å². The Bertz CT molecular complexity index is 1520. The SMILES string of the molecule is CCOc1ccc2nc(N3C(=O)C(=O)/C(=C(/O)c4ccc5c(c4)OCCO5)[C@@H]3c3cccs3)sc2c1. The van der Waals surface area contributed by atoms with Gasteiger partial charge in [0.05, 0.1) is 22.4 Å². The molecule has 4 aromatic rings. The number of benzene rings is 2. The number of thiophene rings is 1. The maximum Gasteiger partial charge on any atom is 0.301 e. The van der Waals surface area contributed by atoms with Crippen molar-refractivity contribution in [2.24, 2.45) is 0 Å². The van der Waals surface area contributed by atoms with E-state index in [4.69, 9.17) is 14.2 Å². The molecule has 2 aromatic heterocycles. The van der Waals surface area contributed by atoms with Gasteiger partial charge in [-0.15, -0.1) is 11.3 Å². The van der Waals surface area contributed by atoms with Crippen LogP contribution >= 0.6 is 22.7 Å². The van der Waals surface area contributed by atoms with E-state index in [9.17, 15) is 14.7 Å². The molecule has 0 aliphatic carbocycles. The van der Waals surface area contributed by atoms with Gasteiger partial charge in [-0.2, -0.15) is 0 Å². The number of aliphatic hydroxyl groups is 1. The van der Waals surface area contributed by atoms with Crippen molar-refractivity contribution in [1.29, 1.82) is 0 Å². The average Bonchev–Trinajstić information content (AvgIpc) is 3.62. The summed E-state index contributed by atoms with van der Waals surface area (Å²) >= 11 is 2.69. The number of fused-ring (bicyclic) bond motifs is 2. The van der Waals surface area contributed by atoms with Crippen LogP contribution in [0.2, 0.25) is 0 Å². The molecule has 0 bridgehead atoms. The van der Waals surface area contributed by atoms with Crippen molar-refractivity contribution in [2.45, 2.75) is 13.0 Å². The summed E-state index contributed by atoms with van der Waals surface area (Å²) < 4.78 is 17.6. The molecule has 0 spiro atoms. The lowest BCUT2D eigenvalue weighted by Gasteiger charge is -2.22. The highest BCUT2D eigenvalue weighted by molar-refractivity contribution is 7.22. The largest absolute Gasteiger partial charge is 0.507 e. The number of hydrogen-bond donors (Lipinski definition) is 1. The molecule has 36 heavy (non-hydrogen) atoms. The standard InChI is InChI=1S/C26H20N2O6S2/c1-2-32-15-6-7-16-20(13-15)36-26(27-16)28-22(19-4-3-11-35-19)21(24(30)25(28)31)23(29)14-5-8-17-18(12-14)34-10-9-33-17/h3-8,11-13,22,29H,2,9-10H2,1H3/b23-21+/t22-/m0/s1. The average molecular weight is 521 g/mol. The topological polar surface area (TPSA) is 98.2 Å². The lowest BCUT2D eigenvalue weighted by Crippen LogP contribution is -2.28. The fraction of sp³-hybridized carbons (Fsp3) is 0.192. The van der Waals surface area contributed by atoms with E-state index in [1.165, 1.54) is 27.6 Å². The summed E-state index contributed by atoms with van der Waals surface area (Å²) in [5.74, 6) is -0.0364. The van der Waals surface area contributed by atoms with Crippen LogP contribution in [0.15, 0.2) is 59.5 Å². The zero-order valence-electron chi connectivity index (χ0n) is 19.1. The lowest BCUT2D eigenvalue weighted by molar-refractivity contribution is -0.132. The monoisotopic (exact) mass is 520 g/mol. The highest BCUT2D eigenvalue weighted by Gasteiger charge is 2.48. The van der Waals surface area contributed by atoms with Gasteiger partial charge in [0.25, 0.3) is 5.78 Å². The van der Waals surface area contributed by atoms with E-state index in [-0.39, 0.29) is 11.3 Å². The predicted octanol–water partition coefficient (Wildman–Crippen LogP) is 5.15. The Balaban J connectivity index is 1.48. The molecule has 1 N–H and O–H groups in total. The van der Waals surface area contributed by atoms with Crippen LogP contribution in [0, 0.1) is 0 Å². The number of thiazole rings is 1.